The largest absolute Gasteiger partial charge is 0.495 e. The Morgan fingerprint density at radius 2 is 2.08 bits per heavy atom. The van der Waals surface area contributed by atoms with Crippen LogP contribution in [-0.2, 0) is 0 Å². The number of anilines is 2. The minimum absolute atomic E-state index is 0.410. The van der Waals surface area contributed by atoms with Crippen molar-refractivity contribution < 1.29 is 4.74 Å². The van der Waals surface area contributed by atoms with Crippen molar-refractivity contribution in [3.63, 3.8) is 0 Å². The molecule has 72 valence electrons. The van der Waals surface area contributed by atoms with Gasteiger partial charge in [0.05, 0.1) is 12.8 Å². The summed E-state index contributed by atoms with van der Waals surface area (Å²) in [6.45, 7) is 4.17. The van der Waals surface area contributed by atoms with Crippen molar-refractivity contribution in [2.45, 2.75) is 19.9 Å². The summed E-state index contributed by atoms with van der Waals surface area (Å²) in [5.74, 6) is 0.717. The van der Waals surface area contributed by atoms with E-state index in [0.717, 1.165) is 5.69 Å². The maximum Gasteiger partial charge on any atom is 0.141 e. The zero-order chi connectivity index (χ0) is 9.84. The van der Waals surface area contributed by atoms with Gasteiger partial charge >= 0.3 is 0 Å². The van der Waals surface area contributed by atoms with Crippen LogP contribution in [0.4, 0.5) is 11.4 Å². The predicted octanol–water partition coefficient (Wildman–Crippen LogP) is 2.10. The fourth-order valence-corrected chi connectivity index (χ4v) is 1.16. The smallest absolute Gasteiger partial charge is 0.141 e. The first-order valence-corrected chi connectivity index (χ1v) is 4.33. The highest BCUT2D eigenvalue weighted by Gasteiger charge is 2.00. The van der Waals surface area contributed by atoms with Crippen LogP contribution < -0.4 is 15.8 Å². The first-order chi connectivity index (χ1) is 6.13. The van der Waals surface area contributed by atoms with Gasteiger partial charge in [0.15, 0.2) is 0 Å². The summed E-state index contributed by atoms with van der Waals surface area (Å²) in [7, 11) is 1.61. The molecule has 0 amide bonds. The number of rotatable bonds is 3. The van der Waals surface area contributed by atoms with Gasteiger partial charge in [-0.1, -0.05) is 0 Å². The Bertz CT molecular complexity index is 284. The van der Waals surface area contributed by atoms with Gasteiger partial charge in [-0.25, -0.2) is 0 Å². The number of hydrogen-bond acceptors (Lipinski definition) is 3. The van der Waals surface area contributed by atoms with E-state index in [1.165, 1.54) is 0 Å². The molecule has 0 aliphatic rings. The number of ether oxygens (including phenoxy) is 1. The molecule has 0 radical (unpaired) electrons. The second kappa shape index (κ2) is 4.03. The lowest BCUT2D eigenvalue weighted by molar-refractivity contribution is 0.417. The molecule has 0 atom stereocenters. The number of nitrogens with one attached hydrogen (secondary N) is 1. The monoisotopic (exact) mass is 180 g/mol. The number of nitrogens with two attached hydrogens (primary N) is 1. The Kier molecular flexibility index (Phi) is 3.01. The third kappa shape index (κ3) is 2.54. The van der Waals surface area contributed by atoms with E-state index in [4.69, 9.17) is 10.5 Å². The molecule has 0 fully saturated rings. The van der Waals surface area contributed by atoms with Gasteiger partial charge in [-0.05, 0) is 32.0 Å². The van der Waals surface area contributed by atoms with Crippen molar-refractivity contribution in [2.24, 2.45) is 0 Å². The molecule has 0 saturated heterocycles. The van der Waals surface area contributed by atoms with Crippen molar-refractivity contribution in [3.8, 4) is 5.75 Å². The summed E-state index contributed by atoms with van der Waals surface area (Å²) in [5.41, 5.74) is 7.42. The van der Waals surface area contributed by atoms with E-state index in [9.17, 15) is 0 Å². The summed E-state index contributed by atoms with van der Waals surface area (Å²) in [6, 6.07) is 6.10. The predicted molar refractivity (Wildman–Crippen MR) is 56.2 cm³/mol. The molecule has 13 heavy (non-hydrogen) atoms. The minimum atomic E-state index is 0.410. The number of methoxy groups -OCH3 is 1. The molecule has 1 aromatic rings. The lowest BCUT2D eigenvalue weighted by Gasteiger charge is -2.11. The second-order valence-electron chi connectivity index (χ2n) is 3.26. The van der Waals surface area contributed by atoms with Gasteiger partial charge in [0.2, 0.25) is 0 Å². The summed E-state index contributed by atoms with van der Waals surface area (Å²) in [5, 5.41) is 3.26. The van der Waals surface area contributed by atoms with E-state index in [1.54, 1.807) is 7.11 Å². The van der Waals surface area contributed by atoms with E-state index in [0.29, 0.717) is 17.5 Å². The average Bonchev–Trinajstić information content (AvgIpc) is 2.03. The Morgan fingerprint density at radius 3 is 2.54 bits per heavy atom. The third-order valence-corrected chi connectivity index (χ3v) is 1.69. The first kappa shape index (κ1) is 9.71. The van der Waals surface area contributed by atoms with Gasteiger partial charge in [0.25, 0.3) is 0 Å². The van der Waals surface area contributed by atoms with Crippen LogP contribution in [0, 0.1) is 0 Å². The molecule has 0 spiro atoms. The zero-order valence-corrected chi connectivity index (χ0v) is 8.29. The highest BCUT2D eigenvalue weighted by Crippen LogP contribution is 2.24. The highest BCUT2D eigenvalue weighted by atomic mass is 16.5. The standard InChI is InChI=1S/C10H16N2O/c1-7(2)12-8-4-5-10(13-3)9(11)6-8/h4-7,12H,11H2,1-3H3. The van der Waals surface area contributed by atoms with Crippen LogP contribution in [0.1, 0.15) is 13.8 Å². The van der Waals surface area contributed by atoms with Crippen LogP contribution in [-0.4, -0.2) is 13.2 Å². The summed E-state index contributed by atoms with van der Waals surface area (Å²) in [4.78, 5) is 0. The van der Waals surface area contributed by atoms with E-state index in [1.807, 2.05) is 18.2 Å². The minimum Gasteiger partial charge on any atom is -0.495 e. The van der Waals surface area contributed by atoms with E-state index in [-0.39, 0.29) is 0 Å². The van der Waals surface area contributed by atoms with Crippen molar-refractivity contribution in [1.29, 1.82) is 0 Å². The molecule has 3 heteroatoms. The molecular formula is C10H16N2O. The summed E-state index contributed by atoms with van der Waals surface area (Å²) >= 11 is 0. The van der Waals surface area contributed by atoms with E-state index >= 15 is 0 Å². The van der Waals surface area contributed by atoms with Gasteiger partial charge in [0, 0.05) is 11.7 Å². The number of nitrogen functional groups attached to an aromatic ring is 1. The maximum atomic E-state index is 5.74. The van der Waals surface area contributed by atoms with Crippen LogP contribution >= 0.6 is 0 Å². The van der Waals surface area contributed by atoms with Gasteiger partial charge in [-0.2, -0.15) is 0 Å². The van der Waals surface area contributed by atoms with Gasteiger partial charge < -0.3 is 15.8 Å². The molecule has 0 aliphatic carbocycles. The number of hydrogen-bond donors (Lipinski definition) is 2. The Labute approximate surface area is 78.9 Å². The van der Waals surface area contributed by atoms with Gasteiger partial charge in [0.1, 0.15) is 5.75 Å². The van der Waals surface area contributed by atoms with Gasteiger partial charge in [-0.3, -0.25) is 0 Å². The Balaban J connectivity index is 2.83. The van der Waals surface area contributed by atoms with E-state index in [2.05, 4.69) is 19.2 Å². The molecule has 0 aromatic heterocycles. The molecule has 0 unspecified atom stereocenters. The molecule has 3 N–H and O–H groups in total. The molecule has 1 aromatic carbocycles. The quantitative estimate of drug-likeness (QED) is 0.700. The van der Waals surface area contributed by atoms with Crippen molar-refractivity contribution in [3.05, 3.63) is 18.2 Å². The van der Waals surface area contributed by atoms with Crippen LogP contribution in [0.15, 0.2) is 18.2 Å². The Hall–Kier alpha value is -1.38. The fourth-order valence-electron chi connectivity index (χ4n) is 1.16. The van der Waals surface area contributed by atoms with Crippen LogP contribution in [0.5, 0.6) is 5.75 Å². The third-order valence-electron chi connectivity index (χ3n) is 1.69. The second-order valence-corrected chi connectivity index (χ2v) is 3.26. The zero-order valence-electron chi connectivity index (χ0n) is 8.29. The maximum absolute atomic E-state index is 5.74. The molecular weight excluding hydrogens is 164 g/mol. The molecule has 0 heterocycles. The topological polar surface area (TPSA) is 47.3 Å². The SMILES string of the molecule is COc1ccc(NC(C)C)cc1N. The van der Waals surface area contributed by atoms with E-state index < -0.39 is 0 Å². The average molecular weight is 180 g/mol. The van der Waals surface area contributed by atoms with Crippen LogP contribution in [0.2, 0.25) is 0 Å². The molecule has 1 rings (SSSR count). The highest BCUT2D eigenvalue weighted by molar-refractivity contribution is 5.62. The summed E-state index contributed by atoms with van der Waals surface area (Å²) in [6.07, 6.45) is 0. The molecule has 0 aliphatic heterocycles. The Morgan fingerprint density at radius 1 is 1.38 bits per heavy atom. The fraction of sp³-hybridized carbons (Fsp3) is 0.400. The normalized spacial score (nSPS) is 10.2. The summed E-state index contributed by atoms with van der Waals surface area (Å²) < 4.78 is 5.05. The molecule has 0 saturated carbocycles. The van der Waals surface area contributed by atoms with Crippen molar-refractivity contribution in [1.82, 2.24) is 0 Å². The van der Waals surface area contributed by atoms with Gasteiger partial charge in [-0.15, -0.1) is 0 Å². The molecule has 0 bridgehead atoms. The van der Waals surface area contributed by atoms with Crippen LogP contribution in [0.3, 0.4) is 0 Å². The number of benzene rings is 1. The lowest BCUT2D eigenvalue weighted by Crippen LogP contribution is -2.09. The van der Waals surface area contributed by atoms with Crippen molar-refractivity contribution in [2.75, 3.05) is 18.2 Å². The van der Waals surface area contributed by atoms with Crippen LogP contribution in [0.25, 0.3) is 0 Å². The first-order valence-electron chi connectivity index (χ1n) is 4.33. The lowest BCUT2D eigenvalue weighted by atomic mass is 10.2. The molecule has 3 nitrogen and oxygen atoms in total. The van der Waals surface area contributed by atoms with Crippen molar-refractivity contribution >= 4 is 11.4 Å².